The Labute approximate surface area is 115 Å². The molecule has 1 nitrogen and oxygen atoms in total. The second-order valence-electron chi connectivity index (χ2n) is 4.33. The quantitative estimate of drug-likeness (QED) is 0.601. The van der Waals surface area contributed by atoms with Crippen molar-refractivity contribution in [3.63, 3.8) is 0 Å². The smallest absolute Gasteiger partial charge is 0.318 e. The molecular weight excluding hydrogens is 233 g/mol. The summed E-state index contributed by atoms with van der Waals surface area (Å²) in [6.07, 6.45) is 3.74. The van der Waals surface area contributed by atoms with Crippen molar-refractivity contribution in [3.05, 3.63) is 60.7 Å². The summed E-state index contributed by atoms with van der Waals surface area (Å²) in [5.74, 6) is 0. The molecule has 0 atom stereocenters. The average Bonchev–Trinajstić information content (AvgIpc) is 2.71. The first-order valence-corrected chi connectivity index (χ1v) is 6.34. The van der Waals surface area contributed by atoms with Gasteiger partial charge < -0.3 is 3.55 Å². The minimum atomic E-state index is 1.14. The van der Waals surface area contributed by atoms with E-state index in [4.69, 9.17) is 0 Å². The van der Waals surface area contributed by atoms with Gasteiger partial charge in [0.1, 0.15) is 0 Å². The van der Waals surface area contributed by atoms with Crippen molar-refractivity contribution in [2.24, 2.45) is 0 Å². The SMILES string of the molecule is C=Cc1ccc2c3ccc(C=C)cc3[n]([Al])c2c1. The van der Waals surface area contributed by atoms with Gasteiger partial charge in [0.2, 0.25) is 0 Å². The van der Waals surface area contributed by atoms with Gasteiger partial charge >= 0.3 is 16.5 Å². The second kappa shape index (κ2) is 4.17. The van der Waals surface area contributed by atoms with E-state index >= 15 is 0 Å². The highest BCUT2D eigenvalue weighted by Gasteiger charge is 2.07. The molecule has 0 unspecified atom stereocenters. The van der Waals surface area contributed by atoms with Gasteiger partial charge in [-0.05, 0) is 23.3 Å². The number of hydrogen-bond acceptors (Lipinski definition) is 0. The van der Waals surface area contributed by atoms with Crippen LogP contribution < -0.4 is 0 Å². The third-order valence-corrected chi connectivity index (χ3v) is 3.88. The summed E-state index contributed by atoms with van der Waals surface area (Å²) in [7, 11) is 0. The van der Waals surface area contributed by atoms with Gasteiger partial charge in [0, 0.05) is 21.8 Å². The monoisotopic (exact) mass is 245 g/mol. The maximum atomic E-state index is 3.82. The Kier molecular flexibility index (Phi) is 2.63. The highest BCUT2D eigenvalue weighted by Crippen LogP contribution is 2.29. The summed E-state index contributed by atoms with van der Waals surface area (Å²) in [5.41, 5.74) is 4.68. The van der Waals surface area contributed by atoms with Crippen molar-refractivity contribution in [2.45, 2.75) is 0 Å². The van der Waals surface area contributed by atoms with Crippen LogP contribution in [-0.2, 0) is 0 Å². The number of nitrogens with zero attached hydrogens (tertiary/aromatic N) is 1. The first kappa shape index (κ1) is 11.3. The van der Waals surface area contributed by atoms with Crippen molar-refractivity contribution in [2.75, 3.05) is 0 Å². The number of benzene rings is 2. The van der Waals surface area contributed by atoms with Crippen LogP contribution in [0.25, 0.3) is 34.0 Å². The van der Waals surface area contributed by atoms with E-state index in [1.165, 1.54) is 21.8 Å². The van der Waals surface area contributed by atoms with Crippen molar-refractivity contribution in [1.82, 2.24) is 3.55 Å². The summed E-state index contributed by atoms with van der Waals surface area (Å²) in [5, 5.41) is 2.53. The molecule has 3 aromatic rings. The summed E-state index contributed by atoms with van der Waals surface area (Å²) in [6.45, 7) is 7.64. The first-order chi connectivity index (χ1) is 8.74. The van der Waals surface area contributed by atoms with E-state index in [0.29, 0.717) is 0 Å². The van der Waals surface area contributed by atoms with Crippen LogP contribution in [0.15, 0.2) is 49.6 Å². The lowest BCUT2D eigenvalue weighted by Crippen LogP contribution is -1.90. The Morgan fingerprint density at radius 1 is 0.833 bits per heavy atom. The molecule has 2 heteroatoms. The fourth-order valence-electron chi connectivity index (χ4n) is 2.34. The predicted octanol–water partition coefficient (Wildman–Crippen LogP) is 4.01. The van der Waals surface area contributed by atoms with E-state index < -0.39 is 0 Å². The molecule has 0 amide bonds. The minimum absolute atomic E-state index is 1.14. The molecule has 0 N–H and O–H groups in total. The van der Waals surface area contributed by atoms with Crippen molar-refractivity contribution in [3.8, 4) is 0 Å². The Bertz CT molecular complexity index is 715. The van der Waals surface area contributed by atoms with Crippen LogP contribution in [0.1, 0.15) is 11.1 Å². The third-order valence-electron chi connectivity index (χ3n) is 3.32. The molecule has 1 aromatic heterocycles. The number of fused-ring (bicyclic) bond motifs is 3. The van der Waals surface area contributed by atoms with Gasteiger partial charge in [-0.15, -0.1) is 0 Å². The predicted molar refractivity (Wildman–Crippen MR) is 80.8 cm³/mol. The van der Waals surface area contributed by atoms with Crippen LogP contribution in [0.3, 0.4) is 0 Å². The molecular formula is C16H12AlN. The molecule has 0 saturated heterocycles. The Morgan fingerprint density at radius 3 is 1.67 bits per heavy atom. The minimum Gasteiger partial charge on any atom is -0.452 e. The van der Waals surface area contributed by atoms with Gasteiger partial charge in [0.15, 0.2) is 0 Å². The zero-order valence-electron chi connectivity index (χ0n) is 10.1. The lowest BCUT2D eigenvalue weighted by molar-refractivity contribution is 1.39. The van der Waals surface area contributed by atoms with Gasteiger partial charge in [-0.25, -0.2) is 0 Å². The molecule has 0 saturated carbocycles. The summed E-state index contributed by atoms with van der Waals surface area (Å²) in [4.78, 5) is 0. The molecule has 2 radical (unpaired) electrons. The molecule has 0 aliphatic carbocycles. The molecule has 0 aliphatic rings. The summed E-state index contributed by atoms with van der Waals surface area (Å²) in [6, 6.07) is 12.8. The lowest BCUT2D eigenvalue weighted by atomic mass is 10.1. The normalized spacial score (nSPS) is 10.9. The van der Waals surface area contributed by atoms with E-state index in [9.17, 15) is 0 Å². The van der Waals surface area contributed by atoms with Crippen molar-refractivity contribution >= 4 is 50.5 Å². The molecule has 84 valence electrons. The van der Waals surface area contributed by atoms with Crippen LogP contribution >= 0.6 is 0 Å². The molecule has 1 heterocycles. The number of hydrogen-bond donors (Lipinski definition) is 0. The van der Waals surface area contributed by atoms with E-state index in [1.807, 2.05) is 12.2 Å². The zero-order chi connectivity index (χ0) is 12.7. The van der Waals surface area contributed by atoms with E-state index in [0.717, 1.165) is 11.1 Å². The van der Waals surface area contributed by atoms with Gasteiger partial charge in [-0.2, -0.15) is 0 Å². The van der Waals surface area contributed by atoms with Crippen LogP contribution in [-0.4, -0.2) is 20.1 Å². The van der Waals surface area contributed by atoms with Crippen LogP contribution in [0.2, 0.25) is 0 Å². The Balaban J connectivity index is 2.48. The van der Waals surface area contributed by atoms with Crippen molar-refractivity contribution < 1.29 is 0 Å². The maximum absolute atomic E-state index is 3.82. The molecule has 0 bridgehead atoms. The standard InChI is InChI=1S/C16H12N.Al/c1-3-11-5-7-13-14-8-6-12(4-2)10-16(14)17-15(13)9-11;/h3-10H,1-2H2;/q-1;+1. The van der Waals surface area contributed by atoms with Gasteiger partial charge in [-0.3, -0.25) is 0 Å². The van der Waals surface area contributed by atoms with Crippen LogP contribution in [0.5, 0.6) is 0 Å². The Hall–Kier alpha value is -1.75. The van der Waals surface area contributed by atoms with Gasteiger partial charge in [0.05, 0.1) is 0 Å². The lowest BCUT2D eigenvalue weighted by Gasteiger charge is -2.01. The third kappa shape index (κ3) is 1.54. The van der Waals surface area contributed by atoms with Gasteiger partial charge in [-0.1, -0.05) is 49.6 Å². The zero-order valence-corrected chi connectivity index (χ0v) is 11.2. The van der Waals surface area contributed by atoms with E-state index in [-0.39, 0.29) is 0 Å². The van der Waals surface area contributed by atoms with Crippen LogP contribution in [0, 0.1) is 0 Å². The number of rotatable bonds is 2. The first-order valence-electron chi connectivity index (χ1n) is 5.83. The Morgan fingerprint density at radius 2 is 1.28 bits per heavy atom. The largest absolute Gasteiger partial charge is 0.452 e. The molecule has 18 heavy (non-hydrogen) atoms. The highest BCUT2D eigenvalue weighted by atomic mass is 27.1. The fraction of sp³-hybridized carbons (Fsp3) is 0. The van der Waals surface area contributed by atoms with E-state index in [1.54, 1.807) is 0 Å². The van der Waals surface area contributed by atoms with Crippen LogP contribution in [0.4, 0.5) is 0 Å². The fourth-order valence-corrected chi connectivity index (χ4v) is 2.76. The molecule has 0 aliphatic heterocycles. The maximum Gasteiger partial charge on any atom is 0.318 e. The second-order valence-corrected chi connectivity index (χ2v) is 4.85. The molecule has 0 spiro atoms. The van der Waals surface area contributed by atoms with Gasteiger partial charge in [0.25, 0.3) is 0 Å². The molecule has 0 fully saturated rings. The highest BCUT2D eigenvalue weighted by molar-refractivity contribution is 6.22. The molecule has 3 rings (SSSR count). The summed E-state index contributed by atoms with van der Waals surface area (Å²) >= 11 is 2.78. The summed E-state index contributed by atoms with van der Waals surface area (Å²) < 4.78 is 2.14. The average molecular weight is 245 g/mol. The number of aromatic nitrogens is 1. The molecule has 2 aromatic carbocycles. The van der Waals surface area contributed by atoms with E-state index in [2.05, 4.69) is 69.6 Å². The van der Waals surface area contributed by atoms with Crippen molar-refractivity contribution in [1.29, 1.82) is 0 Å². The topological polar surface area (TPSA) is 4.93 Å².